The predicted octanol–water partition coefficient (Wildman–Crippen LogP) is 4.54. The zero-order chi connectivity index (χ0) is 24.2. The second-order valence-electron chi connectivity index (χ2n) is 8.14. The fourth-order valence-electron chi connectivity index (χ4n) is 4.12. The number of rotatable bonds is 6. The molecular formula is C27H22ClN3O3. The average molecular weight is 472 g/mol. The van der Waals surface area contributed by atoms with Gasteiger partial charge >= 0.3 is 0 Å². The van der Waals surface area contributed by atoms with Gasteiger partial charge < -0.3 is 4.90 Å². The van der Waals surface area contributed by atoms with Crippen LogP contribution in [0.3, 0.4) is 0 Å². The molecule has 4 rings (SSSR count). The molecule has 0 radical (unpaired) electrons. The van der Waals surface area contributed by atoms with E-state index in [1.165, 1.54) is 4.90 Å². The summed E-state index contributed by atoms with van der Waals surface area (Å²) in [7, 11) is 0. The van der Waals surface area contributed by atoms with Crippen LogP contribution in [0, 0.1) is 18.3 Å². The highest BCUT2D eigenvalue weighted by molar-refractivity contribution is 6.30. The number of nitriles is 1. The van der Waals surface area contributed by atoms with Gasteiger partial charge in [0.1, 0.15) is 6.04 Å². The summed E-state index contributed by atoms with van der Waals surface area (Å²) < 4.78 is 0. The lowest BCUT2D eigenvalue weighted by Gasteiger charge is -2.28. The van der Waals surface area contributed by atoms with Crippen molar-refractivity contribution < 1.29 is 14.4 Å². The third kappa shape index (κ3) is 4.70. The Morgan fingerprint density at radius 1 is 1.09 bits per heavy atom. The van der Waals surface area contributed by atoms with Gasteiger partial charge in [0.25, 0.3) is 11.8 Å². The van der Waals surface area contributed by atoms with Gasteiger partial charge in [-0.25, -0.2) is 4.90 Å². The Hall–Kier alpha value is -3.95. The summed E-state index contributed by atoms with van der Waals surface area (Å²) >= 11 is 6.11. The minimum absolute atomic E-state index is 0.105. The third-order valence-corrected chi connectivity index (χ3v) is 6.16. The second kappa shape index (κ2) is 9.90. The van der Waals surface area contributed by atoms with Crippen LogP contribution in [0.25, 0.3) is 0 Å². The molecule has 1 heterocycles. The maximum absolute atomic E-state index is 13.6. The van der Waals surface area contributed by atoms with Gasteiger partial charge in [0.2, 0.25) is 5.91 Å². The molecule has 0 saturated carbocycles. The van der Waals surface area contributed by atoms with E-state index < -0.39 is 11.9 Å². The number of imide groups is 1. The molecule has 0 bridgehead atoms. The van der Waals surface area contributed by atoms with Crippen molar-refractivity contribution in [3.05, 3.63) is 100 Å². The molecule has 0 aromatic heterocycles. The van der Waals surface area contributed by atoms with E-state index in [4.69, 9.17) is 16.9 Å². The van der Waals surface area contributed by atoms with Crippen LogP contribution in [-0.4, -0.2) is 35.2 Å². The number of amides is 3. The first-order valence-corrected chi connectivity index (χ1v) is 11.2. The van der Waals surface area contributed by atoms with Crippen molar-refractivity contribution in [3.63, 3.8) is 0 Å². The van der Waals surface area contributed by atoms with Crippen molar-refractivity contribution in [2.75, 3.05) is 11.4 Å². The Labute approximate surface area is 203 Å². The summed E-state index contributed by atoms with van der Waals surface area (Å²) in [6.07, 6.45) is 0.374. The van der Waals surface area contributed by atoms with Gasteiger partial charge in [0.15, 0.2) is 0 Å². The largest absolute Gasteiger partial charge is 0.326 e. The third-order valence-electron chi connectivity index (χ3n) is 5.92. The molecular weight excluding hydrogens is 450 g/mol. The predicted molar refractivity (Wildman–Crippen MR) is 129 cm³/mol. The Morgan fingerprint density at radius 2 is 1.82 bits per heavy atom. The van der Waals surface area contributed by atoms with Gasteiger partial charge in [-0.3, -0.25) is 14.4 Å². The summed E-state index contributed by atoms with van der Waals surface area (Å²) in [5.74, 6) is -1.14. The molecule has 1 aliphatic heterocycles. The molecule has 1 atom stereocenters. The van der Waals surface area contributed by atoms with E-state index in [0.29, 0.717) is 28.3 Å². The molecule has 3 aromatic rings. The number of hydrogen-bond acceptors (Lipinski definition) is 4. The van der Waals surface area contributed by atoms with Crippen LogP contribution >= 0.6 is 11.6 Å². The van der Waals surface area contributed by atoms with E-state index >= 15 is 0 Å². The van der Waals surface area contributed by atoms with Crippen molar-refractivity contribution >= 4 is 35.0 Å². The van der Waals surface area contributed by atoms with E-state index in [1.54, 1.807) is 42.5 Å². The SMILES string of the molecule is Cc1ccccc1C(=O)N(CCc1cccc(Cl)c1)C1CC(=O)N(c2ccc(C#N)cc2)C1=O. The average Bonchev–Trinajstić information content (AvgIpc) is 3.13. The van der Waals surface area contributed by atoms with Crippen molar-refractivity contribution in [1.82, 2.24) is 4.90 Å². The molecule has 3 amide bonds. The highest BCUT2D eigenvalue weighted by Crippen LogP contribution is 2.28. The van der Waals surface area contributed by atoms with E-state index in [1.807, 2.05) is 43.3 Å². The summed E-state index contributed by atoms with van der Waals surface area (Å²) in [6, 6.07) is 21.9. The van der Waals surface area contributed by atoms with Crippen LogP contribution < -0.4 is 4.90 Å². The summed E-state index contributed by atoms with van der Waals surface area (Å²) in [5, 5.41) is 9.62. The highest BCUT2D eigenvalue weighted by atomic mass is 35.5. The number of hydrogen-bond donors (Lipinski definition) is 0. The standard InChI is InChI=1S/C27H22ClN3O3/c1-18-5-2-3-8-23(18)26(33)30(14-13-19-6-4-7-21(28)15-19)24-16-25(32)31(27(24)34)22-11-9-20(17-29)10-12-22/h2-12,15,24H,13-14,16H2,1H3. The number of aryl methyl sites for hydroxylation is 1. The molecule has 1 fully saturated rings. The van der Waals surface area contributed by atoms with E-state index in [0.717, 1.165) is 16.0 Å². The van der Waals surface area contributed by atoms with Crippen LogP contribution in [0.5, 0.6) is 0 Å². The van der Waals surface area contributed by atoms with Crippen LogP contribution in [0.2, 0.25) is 5.02 Å². The zero-order valence-electron chi connectivity index (χ0n) is 18.6. The molecule has 34 heavy (non-hydrogen) atoms. The minimum atomic E-state index is -0.922. The summed E-state index contributed by atoms with van der Waals surface area (Å²) in [5.41, 5.74) is 3.02. The molecule has 1 unspecified atom stereocenters. The number of carbonyl (C=O) groups excluding carboxylic acids is 3. The number of halogens is 1. The maximum atomic E-state index is 13.6. The zero-order valence-corrected chi connectivity index (χ0v) is 19.3. The van der Waals surface area contributed by atoms with Gasteiger partial charge in [0.05, 0.1) is 23.7 Å². The Bertz CT molecular complexity index is 1300. The first kappa shape index (κ1) is 23.2. The van der Waals surface area contributed by atoms with Crippen LogP contribution in [0.4, 0.5) is 5.69 Å². The van der Waals surface area contributed by atoms with E-state index in [-0.39, 0.29) is 24.8 Å². The molecule has 1 saturated heterocycles. The van der Waals surface area contributed by atoms with Crippen molar-refractivity contribution in [2.45, 2.75) is 25.8 Å². The Kier molecular flexibility index (Phi) is 6.76. The molecule has 3 aromatic carbocycles. The number of nitrogens with zero attached hydrogens (tertiary/aromatic N) is 3. The van der Waals surface area contributed by atoms with Crippen molar-refractivity contribution in [2.24, 2.45) is 0 Å². The fourth-order valence-corrected chi connectivity index (χ4v) is 4.34. The smallest absolute Gasteiger partial charge is 0.257 e. The molecule has 170 valence electrons. The first-order valence-electron chi connectivity index (χ1n) is 10.9. The molecule has 7 heteroatoms. The van der Waals surface area contributed by atoms with Crippen LogP contribution in [-0.2, 0) is 16.0 Å². The quantitative estimate of drug-likeness (QED) is 0.494. The molecule has 0 spiro atoms. The van der Waals surface area contributed by atoms with Crippen molar-refractivity contribution in [3.8, 4) is 6.07 Å². The van der Waals surface area contributed by atoms with E-state index in [2.05, 4.69) is 0 Å². The second-order valence-corrected chi connectivity index (χ2v) is 8.58. The lowest BCUT2D eigenvalue weighted by molar-refractivity contribution is -0.122. The summed E-state index contributed by atoms with van der Waals surface area (Å²) in [6.45, 7) is 2.09. The van der Waals surface area contributed by atoms with Crippen molar-refractivity contribution in [1.29, 1.82) is 5.26 Å². The maximum Gasteiger partial charge on any atom is 0.257 e. The highest BCUT2D eigenvalue weighted by Gasteiger charge is 2.44. The molecule has 0 aliphatic carbocycles. The molecule has 0 N–H and O–H groups in total. The lowest BCUT2D eigenvalue weighted by atomic mass is 10.0. The normalized spacial score (nSPS) is 15.3. The number of anilines is 1. The fraction of sp³-hybridized carbons (Fsp3) is 0.185. The summed E-state index contributed by atoms with van der Waals surface area (Å²) in [4.78, 5) is 42.5. The van der Waals surface area contributed by atoms with Gasteiger partial charge in [-0.1, -0.05) is 41.9 Å². The first-order chi connectivity index (χ1) is 16.4. The monoisotopic (exact) mass is 471 g/mol. The van der Waals surface area contributed by atoms with E-state index in [9.17, 15) is 14.4 Å². The Morgan fingerprint density at radius 3 is 2.50 bits per heavy atom. The molecule has 1 aliphatic rings. The van der Waals surface area contributed by atoms with Crippen LogP contribution in [0.15, 0.2) is 72.8 Å². The number of carbonyl (C=O) groups is 3. The van der Waals surface area contributed by atoms with Crippen LogP contribution in [0.1, 0.15) is 33.5 Å². The Balaban J connectivity index is 1.65. The topological polar surface area (TPSA) is 81.5 Å². The van der Waals surface area contributed by atoms with Gasteiger partial charge in [-0.05, 0) is 66.9 Å². The molecule has 6 nitrogen and oxygen atoms in total. The minimum Gasteiger partial charge on any atom is -0.326 e. The van der Waals surface area contributed by atoms with Gasteiger partial charge in [0, 0.05) is 17.1 Å². The van der Waals surface area contributed by atoms with Gasteiger partial charge in [-0.2, -0.15) is 5.26 Å². The lowest BCUT2D eigenvalue weighted by Crippen LogP contribution is -2.46. The number of benzene rings is 3. The van der Waals surface area contributed by atoms with Gasteiger partial charge in [-0.15, -0.1) is 0 Å².